The standard InChI is InChI=1S/C11H11Cl2N3O2/c1-3-15-9-7(8(13)6(12)5-14-9)10(17)16(4-2)11(15)18/h5H,3-4H2,1-2H3. The van der Waals surface area contributed by atoms with Gasteiger partial charge in [0.05, 0.1) is 10.0 Å². The fraction of sp³-hybridized carbons (Fsp3) is 0.364. The highest BCUT2D eigenvalue weighted by atomic mass is 35.5. The summed E-state index contributed by atoms with van der Waals surface area (Å²) in [5, 5.41) is 0.522. The minimum atomic E-state index is -0.456. The van der Waals surface area contributed by atoms with E-state index in [9.17, 15) is 9.59 Å². The number of hydrogen-bond donors (Lipinski definition) is 0. The average Bonchev–Trinajstić information content (AvgIpc) is 2.34. The molecule has 2 aromatic rings. The van der Waals surface area contributed by atoms with Gasteiger partial charge in [-0.15, -0.1) is 0 Å². The molecule has 2 heterocycles. The van der Waals surface area contributed by atoms with E-state index >= 15 is 0 Å². The van der Waals surface area contributed by atoms with E-state index in [1.54, 1.807) is 13.8 Å². The molecule has 0 aliphatic heterocycles. The van der Waals surface area contributed by atoms with Crippen LogP contribution in [0.2, 0.25) is 10.0 Å². The maximum atomic E-state index is 12.2. The lowest BCUT2D eigenvalue weighted by atomic mass is 10.3. The van der Waals surface area contributed by atoms with Gasteiger partial charge < -0.3 is 0 Å². The molecule has 0 atom stereocenters. The fourth-order valence-corrected chi connectivity index (χ4v) is 2.23. The number of fused-ring (bicyclic) bond motifs is 1. The van der Waals surface area contributed by atoms with Crippen LogP contribution < -0.4 is 11.2 Å². The van der Waals surface area contributed by atoms with Crippen LogP contribution in [0.5, 0.6) is 0 Å². The van der Waals surface area contributed by atoms with Crippen molar-refractivity contribution >= 4 is 34.2 Å². The number of aromatic nitrogens is 3. The summed E-state index contributed by atoms with van der Waals surface area (Å²) < 4.78 is 2.53. The molecule has 7 heteroatoms. The van der Waals surface area contributed by atoms with Crippen molar-refractivity contribution in [3.8, 4) is 0 Å². The Labute approximate surface area is 113 Å². The van der Waals surface area contributed by atoms with Crippen LogP contribution in [0, 0.1) is 0 Å². The highest BCUT2D eigenvalue weighted by molar-refractivity contribution is 6.44. The zero-order chi connectivity index (χ0) is 13.4. The van der Waals surface area contributed by atoms with Gasteiger partial charge in [0, 0.05) is 19.3 Å². The van der Waals surface area contributed by atoms with Crippen LogP contribution >= 0.6 is 23.2 Å². The fourth-order valence-electron chi connectivity index (χ4n) is 1.87. The summed E-state index contributed by atoms with van der Waals surface area (Å²) in [6.07, 6.45) is 1.34. The molecule has 0 N–H and O–H groups in total. The van der Waals surface area contributed by atoms with Gasteiger partial charge in [-0.1, -0.05) is 23.2 Å². The zero-order valence-electron chi connectivity index (χ0n) is 9.91. The smallest absolute Gasteiger partial charge is 0.278 e. The van der Waals surface area contributed by atoms with Crippen LogP contribution in [0.3, 0.4) is 0 Å². The van der Waals surface area contributed by atoms with Crippen LogP contribution in [0.4, 0.5) is 0 Å². The van der Waals surface area contributed by atoms with E-state index in [0.717, 1.165) is 4.57 Å². The molecular formula is C11H11Cl2N3O2. The molecular weight excluding hydrogens is 277 g/mol. The molecule has 96 valence electrons. The lowest BCUT2D eigenvalue weighted by Crippen LogP contribution is -2.39. The van der Waals surface area contributed by atoms with Crippen LogP contribution in [-0.4, -0.2) is 14.1 Å². The van der Waals surface area contributed by atoms with Crippen molar-refractivity contribution in [3.63, 3.8) is 0 Å². The number of rotatable bonds is 2. The maximum absolute atomic E-state index is 12.2. The number of pyridine rings is 1. The molecule has 0 aliphatic rings. The van der Waals surface area contributed by atoms with Crippen LogP contribution in [0.15, 0.2) is 15.8 Å². The van der Waals surface area contributed by atoms with Gasteiger partial charge in [-0.3, -0.25) is 13.9 Å². The number of aryl methyl sites for hydroxylation is 1. The Balaban J connectivity index is 3.15. The van der Waals surface area contributed by atoms with Gasteiger partial charge in [-0.2, -0.15) is 0 Å². The Morgan fingerprint density at radius 3 is 2.33 bits per heavy atom. The van der Waals surface area contributed by atoms with Gasteiger partial charge in [-0.25, -0.2) is 9.78 Å². The number of hydrogen-bond acceptors (Lipinski definition) is 3. The van der Waals surface area contributed by atoms with Crippen molar-refractivity contribution in [2.45, 2.75) is 26.9 Å². The molecule has 18 heavy (non-hydrogen) atoms. The Hall–Kier alpha value is -1.33. The van der Waals surface area contributed by atoms with Crippen LogP contribution in [0.1, 0.15) is 13.8 Å². The first kappa shape index (κ1) is 13.1. The summed E-state index contributed by atoms with van der Waals surface area (Å²) in [5.74, 6) is 0. The second kappa shape index (κ2) is 4.74. The Bertz CT molecular complexity index is 734. The van der Waals surface area contributed by atoms with Gasteiger partial charge in [0.2, 0.25) is 0 Å². The third kappa shape index (κ3) is 1.74. The molecule has 2 rings (SSSR count). The van der Waals surface area contributed by atoms with Crippen LogP contribution in [-0.2, 0) is 13.1 Å². The van der Waals surface area contributed by atoms with Crippen molar-refractivity contribution in [1.82, 2.24) is 14.1 Å². The van der Waals surface area contributed by atoms with Gasteiger partial charge in [0.15, 0.2) is 5.65 Å². The van der Waals surface area contributed by atoms with E-state index in [1.807, 2.05) is 0 Å². The van der Waals surface area contributed by atoms with Gasteiger partial charge >= 0.3 is 5.69 Å². The number of nitrogens with zero attached hydrogens (tertiary/aromatic N) is 3. The third-order valence-electron chi connectivity index (χ3n) is 2.76. The van der Waals surface area contributed by atoms with Crippen molar-refractivity contribution in [1.29, 1.82) is 0 Å². The molecule has 0 fully saturated rings. The summed E-state index contributed by atoms with van der Waals surface area (Å²) in [5.41, 5.74) is -0.572. The lowest BCUT2D eigenvalue weighted by Gasteiger charge is -2.11. The first-order valence-electron chi connectivity index (χ1n) is 5.50. The maximum Gasteiger partial charge on any atom is 0.332 e. The molecule has 0 spiro atoms. The van der Waals surface area contributed by atoms with Crippen molar-refractivity contribution in [2.75, 3.05) is 0 Å². The zero-order valence-corrected chi connectivity index (χ0v) is 11.4. The molecule has 0 aromatic carbocycles. The minimum absolute atomic E-state index is 0.135. The topological polar surface area (TPSA) is 56.9 Å². The number of halogens is 2. The molecule has 0 saturated heterocycles. The summed E-state index contributed by atoms with van der Waals surface area (Å²) in [7, 11) is 0. The normalized spacial score (nSPS) is 11.1. The van der Waals surface area contributed by atoms with Crippen LogP contribution in [0.25, 0.3) is 11.0 Å². The monoisotopic (exact) mass is 287 g/mol. The molecule has 0 amide bonds. The summed E-state index contributed by atoms with van der Waals surface area (Å²) in [4.78, 5) is 28.3. The highest BCUT2D eigenvalue weighted by Crippen LogP contribution is 2.26. The first-order valence-corrected chi connectivity index (χ1v) is 6.25. The molecule has 0 unspecified atom stereocenters. The molecule has 0 bridgehead atoms. The Kier molecular flexibility index (Phi) is 3.45. The van der Waals surface area contributed by atoms with E-state index in [-0.39, 0.29) is 33.3 Å². The van der Waals surface area contributed by atoms with Gasteiger partial charge in [-0.05, 0) is 13.8 Å². The van der Waals surface area contributed by atoms with E-state index in [2.05, 4.69) is 4.98 Å². The van der Waals surface area contributed by atoms with E-state index in [1.165, 1.54) is 10.8 Å². The largest absolute Gasteiger partial charge is 0.332 e. The first-order chi connectivity index (χ1) is 8.52. The predicted octanol–water partition coefficient (Wildman–Crippen LogP) is 1.90. The Morgan fingerprint density at radius 1 is 1.17 bits per heavy atom. The van der Waals surface area contributed by atoms with Gasteiger partial charge in [0.25, 0.3) is 5.56 Å². The molecule has 0 saturated carbocycles. The molecule has 5 nitrogen and oxygen atoms in total. The molecule has 2 aromatic heterocycles. The summed E-state index contributed by atoms with van der Waals surface area (Å²) in [6, 6.07) is 0. The second-order valence-corrected chi connectivity index (χ2v) is 4.48. The molecule has 0 aliphatic carbocycles. The van der Waals surface area contributed by atoms with E-state index in [0.29, 0.717) is 6.54 Å². The quantitative estimate of drug-likeness (QED) is 0.848. The summed E-state index contributed by atoms with van der Waals surface area (Å²) in [6.45, 7) is 4.20. The van der Waals surface area contributed by atoms with Gasteiger partial charge in [0.1, 0.15) is 5.39 Å². The minimum Gasteiger partial charge on any atom is -0.278 e. The Morgan fingerprint density at radius 2 is 1.78 bits per heavy atom. The highest BCUT2D eigenvalue weighted by Gasteiger charge is 2.16. The van der Waals surface area contributed by atoms with Crippen molar-refractivity contribution in [3.05, 3.63) is 37.1 Å². The summed E-state index contributed by atoms with van der Waals surface area (Å²) >= 11 is 11.9. The second-order valence-electron chi connectivity index (χ2n) is 3.69. The third-order valence-corrected chi connectivity index (χ3v) is 3.54. The van der Waals surface area contributed by atoms with Crippen molar-refractivity contribution in [2.24, 2.45) is 0 Å². The van der Waals surface area contributed by atoms with E-state index in [4.69, 9.17) is 23.2 Å². The molecule has 0 radical (unpaired) electrons. The van der Waals surface area contributed by atoms with E-state index < -0.39 is 5.56 Å². The van der Waals surface area contributed by atoms with Crippen molar-refractivity contribution < 1.29 is 0 Å². The predicted molar refractivity (Wildman–Crippen MR) is 71.6 cm³/mol. The average molecular weight is 288 g/mol. The lowest BCUT2D eigenvalue weighted by molar-refractivity contribution is 0.605. The SMILES string of the molecule is CCn1c(=O)c2c(Cl)c(Cl)cnc2n(CC)c1=O.